The van der Waals surface area contributed by atoms with Gasteiger partial charge in [0.2, 0.25) is 0 Å². The molecule has 0 spiro atoms. The molecule has 1 heterocycles. The molecule has 1 N–H and O–H groups in total. The van der Waals surface area contributed by atoms with Crippen LogP contribution in [0.4, 0.5) is 0 Å². The summed E-state index contributed by atoms with van der Waals surface area (Å²) in [4.78, 5) is 0. The number of aliphatic hydroxyl groups is 1. The molecule has 0 aliphatic carbocycles. The fraction of sp³-hybridized carbons (Fsp3) is 0.750. The predicted octanol–water partition coefficient (Wildman–Crippen LogP) is 0.339. The Morgan fingerprint density at radius 2 is 2.36 bits per heavy atom. The van der Waals surface area contributed by atoms with Gasteiger partial charge in [0, 0.05) is 0 Å². The maximum atomic E-state index is 9.45. The summed E-state index contributed by atoms with van der Waals surface area (Å²) < 4.78 is 10.4. The van der Waals surface area contributed by atoms with Gasteiger partial charge in [-0.3, -0.25) is 0 Å². The molecular weight excluding hydrogens is 144 g/mol. The topological polar surface area (TPSA) is 38.7 Å². The second-order valence-corrected chi connectivity index (χ2v) is 2.78. The molecule has 3 nitrogen and oxygen atoms in total. The average molecular weight is 158 g/mol. The van der Waals surface area contributed by atoms with Crippen LogP contribution < -0.4 is 0 Å². The Morgan fingerprint density at radius 1 is 1.64 bits per heavy atom. The quantitative estimate of drug-likeness (QED) is 0.589. The zero-order valence-corrected chi connectivity index (χ0v) is 6.75. The molecule has 0 aromatic carbocycles. The lowest BCUT2D eigenvalue weighted by atomic mass is 10.1. The summed E-state index contributed by atoms with van der Waals surface area (Å²) in [6.07, 6.45) is -0.809. The van der Waals surface area contributed by atoms with Gasteiger partial charge < -0.3 is 14.6 Å². The highest BCUT2D eigenvalue weighted by Gasteiger charge is 2.23. The monoisotopic (exact) mass is 158 g/mol. The minimum atomic E-state index is -0.588. The summed E-state index contributed by atoms with van der Waals surface area (Å²) in [7, 11) is 0. The molecule has 64 valence electrons. The smallest absolute Gasteiger partial charge is 0.111 e. The van der Waals surface area contributed by atoms with Crippen molar-refractivity contribution in [2.24, 2.45) is 0 Å². The van der Waals surface area contributed by atoms with Gasteiger partial charge in [-0.05, 0) is 12.5 Å². The molecule has 0 aromatic rings. The first kappa shape index (κ1) is 8.71. The molecule has 0 aromatic heterocycles. The van der Waals surface area contributed by atoms with E-state index in [1.54, 1.807) is 6.92 Å². The van der Waals surface area contributed by atoms with Crippen molar-refractivity contribution in [1.82, 2.24) is 0 Å². The van der Waals surface area contributed by atoms with Gasteiger partial charge in [0.05, 0.1) is 19.8 Å². The second kappa shape index (κ2) is 3.85. The molecule has 1 fully saturated rings. The highest BCUT2D eigenvalue weighted by atomic mass is 16.6. The first-order chi connectivity index (χ1) is 5.22. The van der Waals surface area contributed by atoms with Gasteiger partial charge in [0.25, 0.3) is 0 Å². The van der Waals surface area contributed by atoms with E-state index < -0.39 is 6.10 Å². The molecule has 0 saturated carbocycles. The van der Waals surface area contributed by atoms with Crippen LogP contribution in [0.15, 0.2) is 12.2 Å². The fourth-order valence-electron chi connectivity index (χ4n) is 1.01. The van der Waals surface area contributed by atoms with E-state index in [2.05, 4.69) is 6.58 Å². The Hall–Kier alpha value is -0.380. The molecule has 0 radical (unpaired) electrons. The normalized spacial score (nSPS) is 28.0. The largest absolute Gasteiger partial charge is 0.386 e. The Labute approximate surface area is 66.6 Å². The number of ether oxygens (including phenoxy) is 2. The molecular formula is C8H14O3. The maximum absolute atomic E-state index is 9.45. The van der Waals surface area contributed by atoms with Crippen molar-refractivity contribution in [2.45, 2.75) is 19.1 Å². The zero-order valence-electron chi connectivity index (χ0n) is 6.75. The van der Waals surface area contributed by atoms with Crippen molar-refractivity contribution in [2.75, 3.05) is 19.8 Å². The van der Waals surface area contributed by atoms with Gasteiger partial charge in [-0.25, -0.2) is 0 Å². The van der Waals surface area contributed by atoms with Gasteiger partial charge in [0.1, 0.15) is 12.2 Å². The predicted molar refractivity (Wildman–Crippen MR) is 41.4 cm³/mol. The van der Waals surface area contributed by atoms with Crippen LogP contribution in [-0.2, 0) is 9.47 Å². The molecule has 1 rings (SSSR count). The molecule has 1 aliphatic rings. The van der Waals surface area contributed by atoms with Crippen molar-refractivity contribution < 1.29 is 14.6 Å². The highest BCUT2D eigenvalue weighted by molar-refractivity contribution is 5.00. The van der Waals surface area contributed by atoms with E-state index in [9.17, 15) is 5.11 Å². The molecule has 3 heteroatoms. The van der Waals surface area contributed by atoms with E-state index in [4.69, 9.17) is 9.47 Å². The van der Waals surface area contributed by atoms with Crippen LogP contribution in [0.2, 0.25) is 0 Å². The Balaban J connectivity index is 2.38. The van der Waals surface area contributed by atoms with Crippen LogP contribution in [0.5, 0.6) is 0 Å². The van der Waals surface area contributed by atoms with E-state index in [0.717, 1.165) is 5.57 Å². The summed E-state index contributed by atoms with van der Waals surface area (Å²) in [6.45, 7) is 7.08. The molecule has 0 amide bonds. The van der Waals surface area contributed by atoms with E-state index in [1.165, 1.54) is 0 Å². The summed E-state index contributed by atoms with van der Waals surface area (Å²) in [6, 6.07) is 0. The third kappa shape index (κ3) is 2.29. The summed E-state index contributed by atoms with van der Waals surface area (Å²) >= 11 is 0. The summed E-state index contributed by atoms with van der Waals surface area (Å²) in [5.74, 6) is 0. The van der Waals surface area contributed by atoms with Crippen LogP contribution >= 0.6 is 0 Å². The molecule has 11 heavy (non-hydrogen) atoms. The standard InChI is InChI=1S/C8H14O3/c1-6(2)8(9)7-5-10-3-4-11-7/h7-9H,1,3-5H2,2H3. The fourth-order valence-corrected chi connectivity index (χ4v) is 1.01. The zero-order chi connectivity index (χ0) is 8.27. The molecule has 1 aliphatic heterocycles. The van der Waals surface area contributed by atoms with Gasteiger partial charge in [-0.2, -0.15) is 0 Å². The van der Waals surface area contributed by atoms with E-state index in [1.807, 2.05) is 0 Å². The van der Waals surface area contributed by atoms with E-state index >= 15 is 0 Å². The van der Waals surface area contributed by atoms with Gasteiger partial charge in [-0.15, -0.1) is 0 Å². The van der Waals surface area contributed by atoms with Crippen molar-refractivity contribution in [3.63, 3.8) is 0 Å². The van der Waals surface area contributed by atoms with Crippen molar-refractivity contribution in [1.29, 1.82) is 0 Å². The number of rotatable bonds is 2. The summed E-state index contributed by atoms with van der Waals surface area (Å²) in [5, 5.41) is 9.45. The van der Waals surface area contributed by atoms with Crippen molar-refractivity contribution in [3.8, 4) is 0 Å². The lowest BCUT2D eigenvalue weighted by Gasteiger charge is -2.27. The van der Waals surface area contributed by atoms with E-state index in [0.29, 0.717) is 19.8 Å². The lowest BCUT2D eigenvalue weighted by Crippen LogP contribution is -2.38. The number of hydrogen-bond acceptors (Lipinski definition) is 3. The summed E-state index contributed by atoms with van der Waals surface area (Å²) in [5.41, 5.74) is 0.723. The van der Waals surface area contributed by atoms with Crippen molar-refractivity contribution >= 4 is 0 Å². The Kier molecular flexibility index (Phi) is 3.05. The highest BCUT2D eigenvalue weighted by Crippen LogP contribution is 2.10. The first-order valence-electron chi connectivity index (χ1n) is 3.74. The van der Waals surface area contributed by atoms with Gasteiger partial charge in [-0.1, -0.05) is 6.58 Å². The third-order valence-corrected chi connectivity index (χ3v) is 1.70. The Morgan fingerprint density at radius 3 is 2.82 bits per heavy atom. The molecule has 2 atom stereocenters. The Bertz CT molecular complexity index is 138. The van der Waals surface area contributed by atoms with Crippen LogP contribution in [-0.4, -0.2) is 37.1 Å². The van der Waals surface area contributed by atoms with E-state index in [-0.39, 0.29) is 6.10 Å². The lowest BCUT2D eigenvalue weighted by molar-refractivity contribution is -0.123. The van der Waals surface area contributed by atoms with Crippen LogP contribution in [0.1, 0.15) is 6.92 Å². The minimum Gasteiger partial charge on any atom is -0.386 e. The SMILES string of the molecule is C=C(C)C(O)C1COCCO1. The van der Waals surface area contributed by atoms with Crippen LogP contribution in [0, 0.1) is 0 Å². The van der Waals surface area contributed by atoms with Crippen LogP contribution in [0.3, 0.4) is 0 Å². The number of hydrogen-bond donors (Lipinski definition) is 1. The van der Waals surface area contributed by atoms with Gasteiger partial charge >= 0.3 is 0 Å². The van der Waals surface area contributed by atoms with Crippen molar-refractivity contribution in [3.05, 3.63) is 12.2 Å². The molecule has 0 bridgehead atoms. The van der Waals surface area contributed by atoms with Crippen LogP contribution in [0.25, 0.3) is 0 Å². The maximum Gasteiger partial charge on any atom is 0.111 e. The third-order valence-electron chi connectivity index (χ3n) is 1.70. The number of aliphatic hydroxyl groups excluding tert-OH is 1. The second-order valence-electron chi connectivity index (χ2n) is 2.78. The molecule has 2 unspecified atom stereocenters. The minimum absolute atomic E-state index is 0.221. The average Bonchev–Trinajstić information content (AvgIpc) is 2.05. The first-order valence-corrected chi connectivity index (χ1v) is 3.74. The van der Waals surface area contributed by atoms with Gasteiger partial charge in [0.15, 0.2) is 0 Å². The molecule has 1 saturated heterocycles.